The first-order chi connectivity index (χ1) is 6.33. The van der Waals surface area contributed by atoms with Crippen molar-refractivity contribution in [2.45, 2.75) is 12.8 Å². The highest BCUT2D eigenvalue weighted by atomic mass is 16.6. The van der Waals surface area contributed by atoms with Crippen molar-refractivity contribution in [2.24, 2.45) is 0 Å². The van der Waals surface area contributed by atoms with Crippen LogP contribution in [-0.2, 0) is 20.7 Å². The first kappa shape index (κ1) is 9.45. The van der Waals surface area contributed by atoms with Crippen LogP contribution < -0.4 is 0 Å². The largest absolute Gasteiger partial charge is 0.395 e. The first-order valence-electron chi connectivity index (χ1n) is 4.00. The molecule has 3 heteroatoms. The van der Waals surface area contributed by atoms with Gasteiger partial charge in [-0.3, -0.25) is 9.59 Å². The molecule has 1 aromatic rings. The quantitative estimate of drug-likeness (QED) is 0.396. The zero-order valence-electron chi connectivity index (χ0n) is 7.10. The summed E-state index contributed by atoms with van der Waals surface area (Å²) in [6, 6.07) is 9.57. The summed E-state index contributed by atoms with van der Waals surface area (Å²) in [7, 11) is 0. The van der Waals surface area contributed by atoms with Crippen molar-refractivity contribution in [1.29, 1.82) is 0 Å². The molecule has 0 aliphatic heterocycles. The smallest absolute Gasteiger partial charge is 0.313 e. The third-order valence-electron chi connectivity index (χ3n) is 1.64. The number of esters is 1. The summed E-state index contributed by atoms with van der Waals surface area (Å²) in [5.41, 5.74) is 1.06. The number of hydrogen-bond donors (Lipinski definition) is 0. The highest BCUT2D eigenvalue weighted by Crippen LogP contribution is 2.02. The van der Waals surface area contributed by atoms with Crippen LogP contribution in [0.1, 0.15) is 12.0 Å². The van der Waals surface area contributed by atoms with E-state index < -0.39 is 5.97 Å². The summed E-state index contributed by atoms with van der Waals surface area (Å²) >= 11 is 0. The van der Waals surface area contributed by atoms with Gasteiger partial charge in [0, 0.05) is 0 Å². The second-order valence-electron chi connectivity index (χ2n) is 2.57. The minimum atomic E-state index is -0.487. The fourth-order valence-electron chi connectivity index (χ4n) is 1.00. The van der Waals surface area contributed by atoms with Gasteiger partial charge < -0.3 is 4.74 Å². The topological polar surface area (TPSA) is 43.4 Å². The normalized spacial score (nSPS) is 9.23. The maximum atomic E-state index is 10.8. The Morgan fingerprint density at radius 3 is 2.62 bits per heavy atom. The number of aryl methyl sites for hydroxylation is 1. The zero-order chi connectivity index (χ0) is 9.52. The van der Waals surface area contributed by atoms with Crippen LogP contribution in [0.5, 0.6) is 0 Å². The predicted molar refractivity (Wildman–Crippen MR) is 46.9 cm³/mol. The van der Waals surface area contributed by atoms with Gasteiger partial charge in [-0.25, -0.2) is 0 Å². The van der Waals surface area contributed by atoms with E-state index in [1.54, 1.807) is 0 Å². The van der Waals surface area contributed by atoms with Crippen molar-refractivity contribution in [2.75, 3.05) is 0 Å². The summed E-state index contributed by atoms with van der Waals surface area (Å²) in [4.78, 5) is 20.5. The number of carbonyl (C=O) groups is 2. The van der Waals surface area contributed by atoms with Crippen molar-refractivity contribution >= 4 is 12.4 Å². The molecule has 0 aliphatic rings. The molecule has 1 aromatic carbocycles. The number of rotatable bonds is 4. The molecule has 0 amide bonds. The van der Waals surface area contributed by atoms with Crippen LogP contribution in [0.25, 0.3) is 0 Å². The van der Waals surface area contributed by atoms with Gasteiger partial charge in [0.15, 0.2) is 0 Å². The van der Waals surface area contributed by atoms with E-state index in [0.717, 1.165) is 5.56 Å². The van der Waals surface area contributed by atoms with Crippen LogP contribution in [0, 0.1) is 0 Å². The van der Waals surface area contributed by atoms with E-state index in [2.05, 4.69) is 4.74 Å². The monoisotopic (exact) mass is 178 g/mol. The maximum absolute atomic E-state index is 10.8. The zero-order valence-corrected chi connectivity index (χ0v) is 7.10. The van der Waals surface area contributed by atoms with Crippen LogP contribution in [0.15, 0.2) is 30.3 Å². The number of hydrogen-bond acceptors (Lipinski definition) is 3. The van der Waals surface area contributed by atoms with Gasteiger partial charge in [0.05, 0.1) is 6.42 Å². The average molecular weight is 178 g/mol. The summed E-state index contributed by atoms with van der Waals surface area (Å²) in [5.74, 6) is -0.487. The highest BCUT2D eigenvalue weighted by molar-refractivity contribution is 5.76. The first-order valence-corrected chi connectivity index (χ1v) is 4.00. The van der Waals surface area contributed by atoms with E-state index in [9.17, 15) is 9.59 Å². The Morgan fingerprint density at radius 1 is 1.31 bits per heavy atom. The molecule has 0 bridgehead atoms. The lowest BCUT2D eigenvalue weighted by Crippen LogP contribution is -2.03. The van der Waals surface area contributed by atoms with Crippen LogP contribution in [0.3, 0.4) is 0 Å². The highest BCUT2D eigenvalue weighted by Gasteiger charge is 2.01. The molecule has 0 aliphatic carbocycles. The molecule has 0 atom stereocenters. The predicted octanol–water partition coefficient (Wildman–Crippen LogP) is 1.32. The van der Waals surface area contributed by atoms with E-state index in [-0.39, 0.29) is 12.9 Å². The Labute approximate surface area is 76.3 Å². The molecular formula is C10H10O3. The average Bonchev–Trinajstić information content (AvgIpc) is 2.17. The lowest BCUT2D eigenvalue weighted by molar-refractivity contribution is -0.151. The van der Waals surface area contributed by atoms with Gasteiger partial charge in [0.2, 0.25) is 0 Å². The molecular weight excluding hydrogens is 168 g/mol. The summed E-state index contributed by atoms with van der Waals surface area (Å²) in [6.07, 6.45) is 0.844. The van der Waals surface area contributed by atoms with Crippen molar-refractivity contribution in [3.8, 4) is 0 Å². The molecule has 1 rings (SSSR count). The van der Waals surface area contributed by atoms with Gasteiger partial charge in [0.1, 0.15) is 0 Å². The van der Waals surface area contributed by atoms with Gasteiger partial charge in [-0.1, -0.05) is 30.3 Å². The van der Waals surface area contributed by atoms with Gasteiger partial charge >= 0.3 is 12.4 Å². The second kappa shape index (κ2) is 5.09. The van der Waals surface area contributed by atoms with Gasteiger partial charge in [-0.05, 0) is 12.0 Å². The molecule has 0 aromatic heterocycles. The Hall–Kier alpha value is -1.64. The van der Waals surface area contributed by atoms with Gasteiger partial charge in [-0.15, -0.1) is 0 Å². The van der Waals surface area contributed by atoms with Crippen LogP contribution in [0.4, 0.5) is 0 Å². The van der Waals surface area contributed by atoms with E-state index in [4.69, 9.17) is 0 Å². The lowest BCUT2D eigenvalue weighted by Gasteiger charge is -1.98. The van der Waals surface area contributed by atoms with E-state index in [1.807, 2.05) is 30.3 Å². The van der Waals surface area contributed by atoms with Crippen LogP contribution >= 0.6 is 0 Å². The Bertz CT molecular complexity index is 279. The fraction of sp³-hybridized carbons (Fsp3) is 0.200. The molecule has 0 radical (unpaired) electrons. The number of carbonyl (C=O) groups excluding carboxylic acids is 2. The van der Waals surface area contributed by atoms with Crippen LogP contribution in [-0.4, -0.2) is 12.4 Å². The van der Waals surface area contributed by atoms with Crippen molar-refractivity contribution in [3.63, 3.8) is 0 Å². The minimum absolute atomic E-state index is 0.160. The summed E-state index contributed by atoms with van der Waals surface area (Å²) in [6.45, 7) is 0.160. The molecule has 0 saturated heterocycles. The second-order valence-corrected chi connectivity index (χ2v) is 2.57. The van der Waals surface area contributed by atoms with Crippen molar-refractivity contribution in [3.05, 3.63) is 35.9 Å². The minimum Gasteiger partial charge on any atom is -0.395 e. The van der Waals surface area contributed by atoms with E-state index >= 15 is 0 Å². The number of ether oxygens (including phenoxy) is 1. The summed E-state index contributed by atoms with van der Waals surface area (Å²) in [5, 5.41) is 0. The lowest BCUT2D eigenvalue weighted by atomic mass is 10.1. The molecule has 0 fully saturated rings. The Kier molecular flexibility index (Phi) is 3.70. The molecule has 13 heavy (non-hydrogen) atoms. The van der Waals surface area contributed by atoms with Crippen molar-refractivity contribution < 1.29 is 14.3 Å². The van der Waals surface area contributed by atoms with E-state index in [1.165, 1.54) is 0 Å². The maximum Gasteiger partial charge on any atom is 0.313 e. The van der Waals surface area contributed by atoms with Crippen LogP contribution in [0.2, 0.25) is 0 Å². The molecule has 0 unspecified atom stereocenters. The third kappa shape index (κ3) is 3.51. The third-order valence-corrected chi connectivity index (χ3v) is 1.64. The van der Waals surface area contributed by atoms with Gasteiger partial charge in [-0.2, -0.15) is 0 Å². The standard InChI is InChI=1S/C10H10O3/c11-8-13-10(12)7-6-9-4-2-1-3-5-9/h1-5,8H,6-7H2. The summed E-state index contributed by atoms with van der Waals surface area (Å²) < 4.78 is 4.14. The molecule has 0 spiro atoms. The van der Waals surface area contributed by atoms with Gasteiger partial charge in [0.25, 0.3) is 0 Å². The Morgan fingerprint density at radius 2 is 2.00 bits per heavy atom. The molecule has 3 nitrogen and oxygen atoms in total. The molecule has 0 saturated carbocycles. The Balaban J connectivity index is 2.35. The number of benzene rings is 1. The van der Waals surface area contributed by atoms with E-state index in [0.29, 0.717) is 6.42 Å². The van der Waals surface area contributed by atoms with Crippen molar-refractivity contribution in [1.82, 2.24) is 0 Å². The fourth-order valence-corrected chi connectivity index (χ4v) is 1.00. The SMILES string of the molecule is O=COC(=O)CCc1ccccc1. The molecule has 0 heterocycles. The molecule has 0 N–H and O–H groups in total. The molecule has 68 valence electrons.